The summed E-state index contributed by atoms with van der Waals surface area (Å²) in [6.07, 6.45) is 3.37. The summed E-state index contributed by atoms with van der Waals surface area (Å²) in [7, 11) is 0. The second kappa shape index (κ2) is 11.2. The van der Waals surface area contributed by atoms with Gasteiger partial charge in [0.1, 0.15) is 5.75 Å². The molecular weight excluding hydrogens is 380 g/mol. The number of pyridine rings is 1. The molecule has 3 N–H and O–H groups in total. The van der Waals surface area contributed by atoms with Crippen molar-refractivity contribution in [2.75, 3.05) is 19.7 Å². The molecule has 3 aromatic rings. The van der Waals surface area contributed by atoms with Crippen LogP contribution in [0.4, 0.5) is 4.79 Å². The van der Waals surface area contributed by atoms with E-state index in [4.69, 9.17) is 4.74 Å². The van der Waals surface area contributed by atoms with Crippen LogP contribution in [0.15, 0.2) is 79.1 Å². The maximum atomic E-state index is 12.0. The van der Waals surface area contributed by atoms with Gasteiger partial charge in [0.15, 0.2) is 6.61 Å². The molecule has 0 fully saturated rings. The van der Waals surface area contributed by atoms with Gasteiger partial charge in [-0.05, 0) is 23.3 Å². The van der Waals surface area contributed by atoms with Crippen molar-refractivity contribution in [3.8, 4) is 16.9 Å². The Hall–Kier alpha value is -3.87. The van der Waals surface area contributed by atoms with Gasteiger partial charge in [-0.3, -0.25) is 9.78 Å². The molecule has 0 aliphatic carbocycles. The van der Waals surface area contributed by atoms with Gasteiger partial charge in [-0.25, -0.2) is 4.79 Å². The maximum Gasteiger partial charge on any atom is 0.315 e. The molecular formula is C23H24N4O3. The minimum Gasteiger partial charge on any atom is -0.483 e. The zero-order chi connectivity index (χ0) is 21.0. The van der Waals surface area contributed by atoms with Crippen molar-refractivity contribution in [3.05, 3.63) is 84.7 Å². The summed E-state index contributed by atoms with van der Waals surface area (Å²) in [5, 5.41) is 8.14. The minimum absolute atomic E-state index is 0.100. The van der Waals surface area contributed by atoms with Crippen LogP contribution in [0, 0.1) is 0 Å². The largest absolute Gasteiger partial charge is 0.483 e. The topological polar surface area (TPSA) is 92.4 Å². The lowest BCUT2D eigenvalue weighted by Gasteiger charge is -2.12. The summed E-state index contributed by atoms with van der Waals surface area (Å²) in [6.45, 7) is 0.909. The van der Waals surface area contributed by atoms with Crippen LogP contribution in [0.25, 0.3) is 11.1 Å². The lowest BCUT2D eigenvalue weighted by Crippen LogP contribution is -2.40. The lowest BCUT2D eigenvalue weighted by molar-refractivity contribution is -0.123. The zero-order valence-electron chi connectivity index (χ0n) is 16.5. The Bertz CT molecular complexity index is 949. The van der Waals surface area contributed by atoms with E-state index in [1.807, 2.05) is 66.7 Å². The van der Waals surface area contributed by atoms with Gasteiger partial charge < -0.3 is 20.7 Å². The monoisotopic (exact) mass is 404 g/mol. The molecule has 3 amide bonds. The second-order valence-electron chi connectivity index (χ2n) is 6.47. The second-order valence-corrected chi connectivity index (χ2v) is 6.47. The zero-order valence-corrected chi connectivity index (χ0v) is 16.5. The van der Waals surface area contributed by atoms with Gasteiger partial charge in [0.2, 0.25) is 0 Å². The van der Waals surface area contributed by atoms with Crippen LogP contribution in [0.2, 0.25) is 0 Å². The Balaban J connectivity index is 1.35. The van der Waals surface area contributed by atoms with Crippen molar-refractivity contribution in [1.82, 2.24) is 20.9 Å². The smallest absolute Gasteiger partial charge is 0.315 e. The molecule has 0 unspecified atom stereocenters. The van der Waals surface area contributed by atoms with Gasteiger partial charge in [0.25, 0.3) is 5.91 Å². The molecule has 0 aliphatic rings. The van der Waals surface area contributed by atoms with E-state index in [2.05, 4.69) is 20.9 Å². The highest BCUT2D eigenvalue weighted by molar-refractivity contribution is 5.78. The van der Waals surface area contributed by atoms with Crippen LogP contribution in [0.3, 0.4) is 0 Å². The van der Waals surface area contributed by atoms with Gasteiger partial charge in [0.05, 0.1) is 0 Å². The molecule has 1 heterocycles. The van der Waals surface area contributed by atoms with Crippen molar-refractivity contribution >= 4 is 11.9 Å². The van der Waals surface area contributed by atoms with E-state index in [9.17, 15) is 9.59 Å². The number of amides is 3. The van der Waals surface area contributed by atoms with E-state index in [-0.39, 0.29) is 18.5 Å². The Morgan fingerprint density at radius 3 is 2.40 bits per heavy atom. The van der Waals surface area contributed by atoms with E-state index in [1.54, 1.807) is 12.4 Å². The number of para-hydroxylation sites is 1. The molecule has 1 aromatic heterocycles. The van der Waals surface area contributed by atoms with E-state index < -0.39 is 0 Å². The summed E-state index contributed by atoms with van der Waals surface area (Å²) < 4.78 is 5.70. The number of hydrogen-bond donors (Lipinski definition) is 3. The minimum atomic E-state index is -0.304. The highest BCUT2D eigenvalue weighted by Gasteiger charge is 2.08. The van der Waals surface area contributed by atoms with Crippen LogP contribution in [-0.4, -0.2) is 36.6 Å². The molecule has 2 aromatic carbocycles. The molecule has 0 saturated heterocycles. The number of ether oxygens (including phenoxy) is 1. The Morgan fingerprint density at radius 2 is 1.60 bits per heavy atom. The standard InChI is InChI=1S/C23H24N4O3/c28-22(25-13-14-26-23(29)27-16-18-7-6-12-24-15-18)17-30-21-11-5-4-10-20(21)19-8-2-1-3-9-19/h1-12,15H,13-14,16-17H2,(H,25,28)(H2,26,27,29). The van der Waals surface area contributed by atoms with Crippen LogP contribution in [0.1, 0.15) is 5.56 Å². The molecule has 0 bridgehead atoms. The van der Waals surface area contributed by atoms with Crippen molar-refractivity contribution in [2.24, 2.45) is 0 Å². The van der Waals surface area contributed by atoms with Gasteiger partial charge in [-0.2, -0.15) is 0 Å². The quantitative estimate of drug-likeness (QED) is 0.478. The molecule has 3 rings (SSSR count). The first kappa shape index (κ1) is 20.9. The van der Waals surface area contributed by atoms with E-state index >= 15 is 0 Å². The maximum absolute atomic E-state index is 12.0. The molecule has 0 saturated carbocycles. The van der Waals surface area contributed by atoms with Gasteiger partial charge in [-0.1, -0.05) is 54.6 Å². The predicted octanol–water partition coefficient (Wildman–Crippen LogP) is 2.74. The highest BCUT2D eigenvalue weighted by atomic mass is 16.5. The highest BCUT2D eigenvalue weighted by Crippen LogP contribution is 2.29. The van der Waals surface area contributed by atoms with Gasteiger partial charge >= 0.3 is 6.03 Å². The fraction of sp³-hybridized carbons (Fsp3) is 0.174. The third-order valence-corrected chi connectivity index (χ3v) is 4.24. The number of rotatable bonds is 9. The fourth-order valence-electron chi connectivity index (χ4n) is 2.77. The molecule has 7 nitrogen and oxygen atoms in total. The van der Waals surface area contributed by atoms with Crippen molar-refractivity contribution in [2.45, 2.75) is 6.54 Å². The number of carbonyl (C=O) groups is 2. The summed E-state index contributed by atoms with van der Waals surface area (Å²) in [5.74, 6) is 0.391. The summed E-state index contributed by atoms with van der Waals surface area (Å²) in [5.41, 5.74) is 2.86. The molecule has 30 heavy (non-hydrogen) atoms. The first-order valence-corrected chi connectivity index (χ1v) is 9.67. The number of nitrogens with zero attached hydrogens (tertiary/aromatic N) is 1. The average molecular weight is 404 g/mol. The third-order valence-electron chi connectivity index (χ3n) is 4.24. The van der Waals surface area contributed by atoms with Crippen molar-refractivity contribution in [3.63, 3.8) is 0 Å². The first-order chi connectivity index (χ1) is 14.7. The molecule has 0 aliphatic heterocycles. The number of carbonyl (C=O) groups excluding carboxylic acids is 2. The molecule has 0 radical (unpaired) electrons. The Labute approximate surface area is 175 Å². The van der Waals surface area contributed by atoms with Gasteiger partial charge in [-0.15, -0.1) is 0 Å². The normalized spacial score (nSPS) is 10.1. The van der Waals surface area contributed by atoms with Crippen LogP contribution < -0.4 is 20.7 Å². The number of hydrogen-bond acceptors (Lipinski definition) is 4. The summed E-state index contributed by atoms with van der Waals surface area (Å²) in [6, 6.07) is 20.8. The first-order valence-electron chi connectivity index (χ1n) is 9.67. The SMILES string of the molecule is O=C(COc1ccccc1-c1ccccc1)NCCNC(=O)NCc1cccnc1. The van der Waals surface area contributed by atoms with E-state index in [0.717, 1.165) is 16.7 Å². The van der Waals surface area contributed by atoms with Crippen LogP contribution in [0.5, 0.6) is 5.75 Å². The van der Waals surface area contributed by atoms with Gasteiger partial charge in [0, 0.05) is 37.6 Å². The summed E-state index contributed by atoms with van der Waals surface area (Å²) >= 11 is 0. The summed E-state index contributed by atoms with van der Waals surface area (Å²) in [4.78, 5) is 27.8. The van der Waals surface area contributed by atoms with Crippen molar-refractivity contribution in [1.29, 1.82) is 0 Å². The predicted molar refractivity (Wildman–Crippen MR) is 115 cm³/mol. The lowest BCUT2D eigenvalue weighted by atomic mass is 10.1. The molecule has 0 spiro atoms. The van der Waals surface area contributed by atoms with Crippen LogP contribution in [-0.2, 0) is 11.3 Å². The molecule has 0 atom stereocenters. The number of nitrogens with one attached hydrogen (secondary N) is 3. The molecule has 154 valence electrons. The Morgan fingerprint density at radius 1 is 0.833 bits per heavy atom. The molecule has 7 heteroatoms. The van der Waals surface area contributed by atoms with E-state index in [0.29, 0.717) is 25.4 Å². The van der Waals surface area contributed by atoms with E-state index in [1.165, 1.54) is 0 Å². The van der Waals surface area contributed by atoms with Crippen molar-refractivity contribution < 1.29 is 14.3 Å². The number of benzene rings is 2. The fourth-order valence-corrected chi connectivity index (χ4v) is 2.77. The third kappa shape index (κ3) is 6.63. The Kier molecular flexibility index (Phi) is 7.79. The number of aromatic nitrogens is 1. The van der Waals surface area contributed by atoms with Crippen LogP contribution >= 0.6 is 0 Å². The number of urea groups is 1. The average Bonchev–Trinajstić information content (AvgIpc) is 2.80.